The predicted molar refractivity (Wildman–Crippen MR) is 34.9 cm³/mol. The molecule has 0 aromatic heterocycles. The quantitative estimate of drug-likeness (QED) is 0.489. The van der Waals surface area contributed by atoms with Gasteiger partial charge in [0.1, 0.15) is 0 Å². The van der Waals surface area contributed by atoms with Crippen molar-refractivity contribution in [1.82, 2.24) is 0 Å². The molecular weight excluding hydrogens is 281 g/mol. The van der Waals surface area contributed by atoms with Crippen molar-refractivity contribution in [1.29, 1.82) is 0 Å². The summed E-state index contributed by atoms with van der Waals surface area (Å²) in [7, 11) is -6.48. The summed E-state index contributed by atoms with van der Waals surface area (Å²) >= 11 is 2.25. The second-order valence-electron chi connectivity index (χ2n) is 2.12. The van der Waals surface area contributed by atoms with Gasteiger partial charge in [0.25, 0.3) is 0 Å². The van der Waals surface area contributed by atoms with Crippen molar-refractivity contribution >= 4 is 23.0 Å². The number of hydrogen-bond acceptors (Lipinski definition) is 4. The van der Waals surface area contributed by atoms with E-state index < -0.39 is 27.5 Å². The highest BCUT2D eigenvalue weighted by molar-refractivity contribution is 7.96. The Labute approximate surface area is 83.9 Å². The molecule has 0 rings (SSSR count). The van der Waals surface area contributed by atoms with Gasteiger partial charge < -0.3 is 0 Å². The van der Waals surface area contributed by atoms with Gasteiger partial charge in [-0.05, 0) is 12.9 Å². The third kappa shape index (κ3) is 2.15. The fourth-order valence-electron chi connectivity index (χ4n) is 0.369. The lowest BCUT2D eigenvalue weighted by molar-refractivity contribution is -0.332. The predicted octanol–water partition coefficient (Wildman–Crippen LogP) is 1.97. The molecule has 0 saturated carbocycles. The van der Waals surface area contributed by atoms with Crippen LogP contribution >= 0.6 is 12.9 Å². The van der Waals surface area contributed by atoms with Crippen LogP contribution in [0.3, 0.4) is 0 Å². The molecule has 0 aromatic rings. The molecule has 0 amide bonds. The smallest absolute Gasteiger partial charge is 0.196 e. The first-order valence-corrected chi connectivity index (χ1v) is 4.48. The summed E-state index contributed by atoms with van der Waals surface area (Å²) in [5.74, 6) is -6.78. The van der Waals surface area contributed by atoms with Crippen LogP contribution < -0.4 is 0 Å². The Kier molecular flexibility index (Phi) is 3.60. The number of thiol groups is 1. The topological polar surface area (TPSA) is 43.4 Å². The van der Waals surface area contributed by atoms with E-state index in [1.165, 1.54) is 0 Å². The second-order valence-corrected chi connectivity index (χ2v) is 4.13. The Morgan fingerprint density at radius 2 is 1.27 bits per heavy atom. The van der Waals surface area contributed by atoms with Gasteiger partial charge in [0, 0.05) is 0 Å². The summed E-state index contributed by atoms with van der Waals surface area (Å²) in [4.78, 5) is 0. The number of alkyl halides is 7. The average molecular weight is 282 g/mol. The number of hydrogen-bond donors (Lipinski definition) is 1. The monoisotopic (exact) mass is 282 g/mol. The molecule has 0 aliphatic heterocycles. The molecule has 0 fully saturated rings. The van der Waals surface area contributed by atoms with E-state index in [1.807, 2.05) is 0 Å². The average Bonchev–Trinajstić information content (AvgIpc) is 2.01. The van der Waals surface area contributed by atoms with Crippen LogP contribution in [0, 0.1) is 0 Å². The van der Waals surface area contributed by atoms with Crippen LogP contribution in [0.5, 0.6) is 0 Å². The van der Waals surface area contributed by atoms with Crippen molar-refractivity contribution in [2.75, 3.05) is 0 Å². The van der Waals surface area contributed by atoms with Gasteiger partial charge in [-0.25, -0.2) is 0 Å². The van der Waals surface area contributed by atoms with E-state index >= 15 is 0 Å². The summed E-state index contributed by atoms with van der Waals surface area (Å²) in [5, 5.41) is -6.46. The lowest BCUT2D eigenvalue weighted by Crippen LogP contribution is -2.55. The Balaban J connectivity index is 5.60. The molecule has 0 atom stereocenters. The molecule has 92 valence electrons. The number of halogens is 7. The Hall–Kier alpha value is -0.230. The largest absolute Gasteiger partial charge is 0.461 e. The van der Waals surface area contributed by atoms with Crippen LogP contribution in [-0.2, 0) is 13.7 Å². The summed E-state index contributed by atoms with van der Waals surface area (Å²) < 4.78 is 106. The third-order valence-electron chi connectivity index (χ3n) is 1.13. The van der Waals surface area contributed by atoms with Gasteiger partial charge in [-0.2, -0.15) is 42.8 Å². The van der Waals surface area contributed by atoms with Crippen LogP contribution in [0.2, 0.25) is 0 Å². The van der Waals surface area contributed by atoms with Crippen LogP contribution in [0.1, 0.15) is 0 Å². The molecule has 0 radical (unpaired) electrons. The maximum absolute atomic E-state index is 12.2. The van der Waals surface area contributed by atoms with Gasteiger partial charge in [-0.15, -0.1) is 0 Å². The maximum Gasteiger partial charge on any atom is 0.461 e. The Bertz CT molecular complexity index is 330. The van der Waals surface area contributed by atoms with Crippen molar-refractivity contribution in [2.24, 2.45) is 0 Å². The lowest BCUT2D eigenvalue weighted by atomic mass is 10.3. The van der Waals surface area contributed by atoms with Crippen molar-refractivity contribution < 1.29 is 42.8 Å². The minimum atomic E-state index is -6.78. The zero-order valence-corrected chi connectivity index (χ0v) is 7.94. The summed E-state index contributed by atoms with van der Waals surface area (Å²) in [6.45, 7) is 0. The molecule has 15 heavy (non-hydrogen) atoms. The zero-order valence-electron chi connectivity index (χ0n) is 6.23. The summed E-state index contributed by atoms with van der Waals surface area (Å²) in [6.07, 6.45) is -6.74. The van der Waals surface area contributed by atoms with Gasteiger partial charge in [0.05, 0.1) is 0 Å². The van der Waals surface area contributed by atoms with E-state index in [9.17, 15) is 39.2 Å². The van der Waals surface area contributed by atoms with Crippen molar-refractivity contribution in [2.45, 2.75) is 17.4 Å². The Morgan fingerprint density at radius 1 is 0.933 bits per heavy atom. The van der Waals surface area contributed by atoms with Crippen molar-refractivity contribution in [3.8, 4) is 0 Å². The van der Waals surface area contributed by atoms with Gasteiger partial charge in [-0.3, -0.25) is 0 Å². The minimum Gasteiger partial charge on any atom is -0.196 e. The van der Waals surface area contributed by atoms with Crippen LogP contribution in [-0.4, -0.2) is 25.8 Å². The third-order valence-corrected chi connectivity index (χ3v) is 2.80. The SMILES string of the molecule is O=S(=O)(OS)C(F)(F)C(F)(F)C(F)(F)F. The molecular formula is C3HF7O3S2. The van der Waals surface area contributed by atoms with Crippen LogP contribution in [0.25, 0.3) is 0 Å². The van der Waals surface area contributed by atoms with E-state index in [4.69, 9.17) is 0 Å². The Morgan fingerprint density at radius 3 is 1.47 bits per heavy atom. The highest BCUT2D eigenvalue weighted by Gasteiger charge is 2.79. The minimum absolute atomic E-state index is 2.25. The van der Waals surface area contributed by atoms with Crippen molar-refractivity contribution in [3.63, 3.8) is 0 Å². The lowest BCUT2D eigenvalue weighted by Gasteiger charge is -2.26. The van der Waals surface area contributed by atoms with Crippen LogP contribution in [0.15, 0.2) is 0 Å². The molecule has 3 nitrogen and oxygen atoms in total. The second kappa shape index (κ2) is 3.66. The first-order valence-electron chi connectivity index (χ1n) is 2.71. The fraction of sp³-hybridized carbons (Fsp3) is 1.00. The molecule has 12 heteroatoms. The van der Waals surface area contributed by atoms with E-state index in [-0.39, 0.29) is 0 Å². The van der Waals surface area contributed by atoms with E-state index in [0.29, 0.717) is 0 Å². The molecule has 0 aliphatic carbocycles. The molecule has 0 N–H and O–H groups in total. The zero-order chi connectivity index (χ0) is 12.7. The molecule has 0 heterocycles. The van der Waals surface area contributed by atoms with E-state index in [1.54, 1.807) is 0 Å². The molecule has 0 spiro atoms. The molecule has 0 unspecified atom stereocenters. The normalized spacial score (nSPS) is 15.5. The first-order chi connectivity index (χ1) is 6.31. The molecule has 0 aromatic carbocycles. The number of rotatable bonds is 3. The highest BCUT2D eigenvalue weighted by Crippen LogP contribution is 2.49. The highest BCUT2D eigenvalue weighted by atomic mass is 32.3. The summed E-state index contributed by atoms with van der Waals surface area (Å²) in [6, 6.07) is 0. The molecule has 0 bridgehead atoms. The van der Waals surface area contributed by atoms with Crippen molar-refractivity contribution in [3.05, 3.63) is 0 Å². The standard InChI is InChI=1S/C3HF7O3S2/c4-1(5,2(6,7)8)3(9,10)15(11,12)13-14/h14H. The van der Waals surface area contributed by atoms with E-state index in [0.717, 1.165) is 0 Å². The van der Waals surface area contributed by atoms with Gasteiger partial charge >= 0.3 is 27.5 Å². The van der Waals surface area contributed by atoms with Gasteiger partial charge in [-0.1, -0.05) is 0 Å². The van der Waals surface area contributed by atoms with Gasteiger partial charge in [0.2, 0.25) is 0 Å². The fourth-order valence-corrected chi connectivity index (χ4v) is 1.17. The maximum atomic E-state index is 12.2. The molecule has 0 aliphatic rings. The van der Waals surface area contributed by atoms with Gasteiger partial charge in [0.15, 0.2) is 0 Å². The molecule has 0 saturated heterocycles. The van der Waals surface area contributed by atoms with Crippen LogP contribution in [0.4, 0.5) is 30.7 Å². The van der Waals surface area contributed by atoms with E-state index in [2.05, 4.69) is 16.5 Å². The summed E-state index contributed by atoms with van der Waals surface area (Å²) in [5.41, 5.74) is 0. The first kappa shape index (κ1) is 14.8.